The Morgan fingerprint density at radius 2 is 2.36 bits per heavy atom. The molecular weight excluding hydrogens is 282 g/mol. The summed E-state index contributed by atoms with van der Waals surface area (Å²) in [5.41, 5.74) is 0.304. The number of carbonyl (C=O) groups excluding carboxylic acids is 2. The number of hydrogen-bond acceptors (Lipinski definition) is 4. The molecule has 2 heterocycles. The van der Waals surface area contributed by atoms with Crippen molar-refractivity contribution in [1.29, 1.82) is 0 Å². The summed E-state index contributed by atoms with van der Waals surface area (Å²) in [5.74, 6) is 0.693. The topological polar surface area (TPSA) is 75.4 Å². The highest BCUT2D eigenvalue weighted by atomic mass is 16.3. The first-order valence-electron chi connectivity index (χ1n) is 7.66. The maximum Gasteiger partial charge on any atom is 0.273 e. The zero-order valence-electron chi connectivity index (χ0n) is 13.2. The largest absolute Gasteiger partial charge is 0.448 e. The van der Waals surface area contributed by atoms with Gasteiger partial charge in [0.2, 0.25) is 5.91 Å². The Labute approximate surface area is 130 Å². The minimum atomic E-state index is -0.233. The predicted octanol–water partition coefficient (Wildman–Crippen LogP) is 1.95. The third-order valence-corrected chi connectivity index (χ3v) is 3.81. The highest BCUT2D eigenvalue weighted by Crippen LogP contribution is 2.17. The summed E-state index contributed by atoms with van der Waals surface area (Å²) < 4.78 is 5.27. The average molecular weight is 305 g/mol. The molecule has 0 unspecified atom stereocenters. The van der Waals surface area contributed by atoms with Crippen LogP contribution in [-0.2, 0) is 4.79 Å². The standard InChI is InChI=1S/C16H23N3O3/c1-4-14(20)19-7-5-6-12(9-19)8-17-15(21)13-10-22-16(18-13)11(2)3/h4,10-12H,1,5-9H2,2-3H3,(H,17,21)/t12-/m0/s1. The van der Waals surface area contributed by atoms with E-state index in [0.29, 0.717) is 24.7 Å². The van der Waals surface area contributed by atoms with Crippen molar-refractivity contribution < 1.29 is 14.0 Å². The predicted molar refractivity (Wildman–Crippen MR) is 82.4 cm³/mol. The van der Waals surface area contributed by atoms with Crippen LogP contribution >= 0.6 is 0 Å². The molecule has 0 spiro atoms. The number of oxazole rings is 1. The first-order chi connectivity index (χ1) is 10.5. The second-order valence-corrected chi connectivity index (χ2v) is 5.93. The van der Waals surface area contributed by atoms with Gasteiger partial charge in [-0.3, -0.25) is 9.59 Å². The van der Waals surface area contributed by atoms with Crippen molar-refractivity contribution in [3.63, 3.8) is 0 Å². The van der Waals surface area contributed by atoms with E-state index in [2.05, 4.69) is 16.9 Å². The van der Waals surface area contributed by atoms with Crippen molar-refractivity contribution in [2.45, 2.75) is 32.6 Å². The molecule has 1 saturated heterocycles. The van der Waals surface area contributed by atoms with Crippen LogP contribution in [0.1, 0.15) is 49.0 Å². The monoisotopic (exact) mass is 305 g/mol. The molecule has 1 aromatic rings. The number of piperidine rings is 1. The summed E-state index contributed by atoms with van der Waals surface area (Å²) in [6.07, 6.45) is 4.67. The van der Waals surface area contributed by atoms with Gasteiger partial charge in [-0.05, 0) is 24.8 Å². The van der Waals surface area contributed by atoms with Crippen molar-refractivity contribution in [3.8, 4) is 0 Å². The summed E-state index contributed by atoms with van der Waals surface area (Å²) in [5, 5.41) is 2.87. The van der Waals surface area contributed by atoms with Gasteiger partial charge in [-0.25, -0.2) is 4.98 Å². The van der Waals surface area contributed by atoms with Gasteiger partial charge in [0, 0.05) is 25.6 Å². The molecule has 1 aliphatic rings. The fourth-order valence-electron chi connectivity index (χ4n) is 2.55. The lowest BCUT2D eigenvalue weighted by molar-refractivity contribution is -0.127. The van der Waals surface area contributed by atoms with Gasteiger partial charge in [0.15, 0.2) is 11.6 Å². The molecule has 6 heteroatoms. The van der Waals surface area contributed by atoms with Gasteiger partial charge in [-0.1, -0.05) is 20.4 Å². The van der Waals surface area contributed by atoms with E-state index < -0.39 is 0 Å². The fourth-order valence-corrected chi connectivity index (χ4v) is 2.55. The van der Waals surface area contributed by atoms with Crippen molar-refractivity contribution >= 4 is 11.8 Å². The lowest BCUT2D eigenvalue weighted by atomic mass is 9.98. The summed E-state index contributed by atoms with van der Waals surface area (Å²) >= 11 is 0. The van der Waals surface area contributed by atoms with Crippen LogP contribution in [0.5, 0.6) is 0 Å². The third kappa shape index (κ3) is 3.96. The number of amides is 2. The number of hydrogen-bond donors (Lipinski definition) is 1. The van der Waals surface area contributed by atoms with E-state index in [0.717, 1.165) is 19.4 Å². The Bertz CT molecular complexity index is 551. The Hall–Kier alpha value is -2.11. The highest BCUT2D eigenvalue weighted by molar-refractivity contribution is 5.91. The van der Waals surface area contributed by atoms with Crippen LogP contribution in [-0.4, -0.2) is 41.3 Å². The van der Waals surface area contributed by atoms with Crippen LogP contribution in [0, 0.1) is 5.92 Å². The molecule has 1 aromatic heterocycles. The van der Waals surface area contributed by atoms with E-state index in [1.807, 2.05) is 13.8 Å². The van der Waals surface area contributed by atoms with E-state index in [4.69, 9.17) is 4.42 Å². The first kappa shape index (κ1) is 16.3. The molecule has 1 N–H and O–H groups in total. The van der Waals surface area contributed by atoms with E-state index in [9.17, 15) is 9.59 Å². The average Bonchev–Trinajstić information content (AvgIpc) is 3.02. The highest BCUT2D eigenvalue weighted by Gasteiger charge is 2.23. The molecule has 0 radical (unpaired) electrons. The van der Waals surface area contributed by atoms with E-state index >= 15 is 0 Å². The van der Waals surface area contributed by atoms with Gasteiger partial charge < -0.3 is 14.6 Å². The molecule has 0 aromatic carbocycles. The van der Waals surface area contributed by atoms with Crippen molar-refractivity contribution in [3.05, 3.63) is 30.5 Å². The van der Waals surface area contributed by atoms with E-state index in [-0.39, 0.29) is 23.7 Å². The number of nitrogens with zero attached hydrogens (tertiary/aromatic N) is 2. The van der Waals surface area contributed by atoms with Crippen molar-refractivity contribution in [2.75, 3.05) is 19.6 Å². The van der Waals surface area contributed by atoms with Gasteiger partial charge >= 0.3 is 0 Å². The molecule has 1 fully saturated rings. The second-order valence-electron chi connectivity index (χ2n) is 5.93. The molecule has 22 heavy (non-hydrogen) atoms. The minimum Gasteiger partial charge on any atom is -0.448 e. The van der Waals surface area contributed by atoms with Crippen molar-refractivity contribution in [1.82, 2.24) is 15.2 Å². The summed E-state index contributed by atoms with van der Waals surface area (Å²) in [4.78, 5) is 29.7. The molecule has 0 saturated carbocycles. The van der Waals surface area contributed by atoms with Gasteiger partial charge in [-0.15, -0.1) is 0 Å². The Kier molecular flexibility index (Phi) is 5.35. The number of rotatable bonds is 5. The number of nitrogens with one attached hydrogen (secondary N) is 1. The van der Waals surface area contributed by atoms with Crippen LogP contribution < -0.4 is 5.32 Å². The SMILES string of the molecule is C=CC(=O)N1CCC[C@@H](CNC(=O)c2coc(C(C)C)n2)C1. The molecule has 2 rings (SSSR count). The Balaban J connectivity index is 1.85. The maximum absolute atomic E-state index is 12.1. The normalized spacial score (nSPS) is 18.3. The van der Waals surface area contributed by atoms with Crippen LogP contribution in [0.4, 0.5) is 0 Å². The molecular formula is C16H23N3O3. The smallest absolute Gasteiger partial charge is 0.273 e. The van der Waals surface area contributed by atoms with Crippen LogP contribution in [0.2, 0.25) is 0 Å². The fraction of sp³-hybridized carbons (Fsp3) is 0.562. The molecule has 0 aliphatic carbocycles. The van der Waals surface area contributed by atoms with Crippen LogP contribution in [0.25, 0.3) is 0 Å². The van der Waals surface area contributed by atoms with Crippen molar-refractivity contribution in [2.24, 2.45) is 5.92 Å². The summed E-state index contributed by atoms with van der Waals surface area (Å²) in [7, 11) is 0. The van der Waals surface area contributed by atoms with Gasteiger partial charge in [0.05, 0.1) is 0 Å². The molecule has 1 atom stereocenters. The summed E-state index contributed by atoms with van der Waals surface area (Å²) in [6, 6.07) is 0. The van der Waals surface area contributed by atoms with Gasteiger partial charge in [0.1, 0.15) is 6.26 Å². The summed E-state index contributed by atoms with van der Waals surface area (Å²) in [6.45, 7) is 9.38. The van der Waals surface area contributed by atoms with Crippen LogP contribution in [0.15, 0.2) is 23.3 Å². The molecule has 6 nitrogen and oxygen atoms in total. The lowest BCUT2D eigenvalue weighted by Crippen LogP contribution is -2.43. The third-order valence-electron chi connectivity index (χ3n) is 3.81. The van der Waals surface area contributed by atoms with Crippen LogP contribution in [0.3, 0.4) is 0 Å². The molecule has 120 valence electrons. The lowest BCUT2D eigenvalue weighted by Gasteiger charge is -2.32. The zero-order valence-corrected chi connectivity index (χ0v) is 13.2. The molecule has 1 aliphatic heterocycles. The number of aromatic nitrogens is 1. The zero-order chi connectivity index (χ0) is 16.1. The van der Waals surface area contributed by atoms with Gasteiger partial charge in [0.25, 0.3) is 5.91 Å². The van der Waals surface area contributed by atoms with E-state index in [1.54, 1.807) is 4.90 Å². The molecule has 2 amide bonds. The van der Waals surface area contributed by atoms with Gasteiger partial charge in [-0.2, -0.15) is 0 Å². The first-order valence-corrected chi connectivity index (χ1v) is 7.66. The number of carbonyl (C=O) groups is 2. The second kappa shape index (κ2) is 7.24. The maximum atomic E-state index is 12.1. The van der Waals surface area contributed by atoms with E-state index in [1.165, 1.54) is 12.3 Å². The minimum absolute atomic E-state index is 0.0471. The molecule has 0 bridgehead atoms. The Morgan fingerprint density at radius 1 is 1.59 bits per heavy atom. The quantitative estimate of drug-likeness (QED) is 0.844. The Morgan fingerprint density at radius 3 is 3.00 bits per heavy atom. The number of likely N-dealkylation sites (tertiary alicyclic amines) is 1.